The minimum atomic E-state index is 0.197. The van der Waals surface area contributed by atoms with Gasteiger partial charge in [0.1, 0.15) is 12.4 Å². The molecule has 2 heteroatoms. The summed E-state index contributed by atoms with van der Waals surface area (Å²) in [4.78, 5) is 0. The van der Waals surface area contributed by atoms with E-state index in [1.165, 1.54) is 5.56 Å². The van der Waals surface area contributed by atoms with Crippen LogP contribution in [0.1, 0.15) is 19.4 Å². The van der Waals surface area contributed by atoms with Crippen molar-refractivity contribution in [2.45, 2.75) is 26.3 Å². The van der Waals surface area contributed by atoms with E-state index in [-0.39, 0.29) is 6.04 Å². The summed E-state index contributed by atoms with van der Waals surface area (Å²) in [5.74, 6) is 6.49. The van der Waals surface area contributed by atoms with E-state index in [1.54, 1.807) is 6.92 Å². The van der Waals surface area contributed by atoms with Crippen LogP contribution in [0.15, 0.2) is 24.3 Å². The number of rotatable bonds is 4. The zero-order valence-electron chi connectivity index (χ0n) is 9.29. The summed E-state index contributed by atoms with van der Waals surface area (Å²) in [6.45, 7) is 4.25. The summed E-state index contributed by atoms with van der Waals surface area (Å²) in [5.41, 5.74) is 6.95. The van der Waals surface area contributed by atoms with Gasteiger partial charge in [0.2, 0.25) is 0 Å². The van der Waals surface area contributed by atoms with Gasteiger partial charge in [-0.3, -0.25) is 0 Å². The van der Waals surface area contributed by atoms with E-state index in [0.29, 0.717) is 6.61 Å². The second kappa shape index (κ2) is 6.10. The van der Waals surface area contributed by atoms with Crippen LogP contribution in [0.3, 0.4) is 0 Å². The Hall–Kier alpha value is -1.46. The van der Waals surface area contributed by atoms with Crippen molar-refractivity contribution in [1.82, 2.24) is 0 Å². The monoisotopic (exact) mass is 203 g/mol. The molecular weight excluding hydrogens is 186 g/mol. The van der Waals surface area contributed by atoms with Gasteiger partial charge in [-0.1, -0.05) is 18.1 Å². The fourth-order valence-corrected chi connectivity index (χ4v) is 1.29. The maximum atomic E-state index is 5.71. The number of benzene rings is 1. The molecule has 0 aromatic heterocycles. The van der Waals surface area contributed by atoms with Crippen molar-refractivity contribution in [2.24, 2.45) is 5.73 Å². The minimum Gasteiger partial charge on any atom is -0.481 e. The van der Waals surface area contributed by atoms with Crippen LogP contribution in [0.4, 0.5) is 0 Å². The van der Waals surface area contributed by atoms with Gasteiger partial charge in [0.25, 0.3) is 0 Å². The van der Waals surface area contributed by atoms with Gasteiger partial charge in [-0.2, -0.15) is 0 Å². The van der Waals surface area contributed by atoms with Crippen LogP contribution < -0.4 is 10.5 Å². The fourth-order valence-electron chi connectivity index (χ4n) is 1.29. The Morgan fingerprint density at radius 2 is 2.00 bits per heavy atom. The van der Waals surface area contributed by atoms with Gasteiger partial charge in [0, 0.05) is 6.04 Å². The second-order valence-electron chi connectivity index (χ2n) is 3.54. The molecule has 0 aliphatic rings. The number of ether oxygens (including phenoxy) is 1. The molecule has 1 aromatic carbocycles. The molecule has 0 saturated heterocycles. The molecule has 15 heavy (non-hydrogen) atoms. The highest BCUT2D eigenvalue weighted by atomic mass is 16.5. The summed E-state index contributed by atoms with van der Waals surface area (Å²) in [5, 5.41) is 0. The van der Waals surface area contributed by atoms with Gasteiger partial charge in [0.05, 0.1) is 0 Å². The van der Waals surface area contributed by atoms with Crippen molar-refractivity contribution >= 4 is 0 Å². The lowest BCUT2D eigenvalue weighted by Gasteiger charge is -2.06. The highest BCUT2D eigenvalue weighted by Crippen LogP contribution is 2.12. The van der Waals surface area contributed by atoms with Crippen molar-refractivity contribution < 1.29 is 4.74 Å². The van der Waals surface area contributed by atoms with E-state index in [9.17, 15) is 0 Å². The molecule has 0 radical (unpaired) electrons. The van der Waals surface area contributed by atoms with Gasteiger partial charge >= 0.3 is 0 Å². The van der Waals surface area contributed by atoms with Gasteiger partial charge in [-0.15, -0.1) is 5.92 Å². The third-order valence-electron chi connectivity index (χ3n) is 1.97. The fraction of sp³-hybridized carbons (Fsp3) is 0.385. The molecule has 0 spiro atoms. The molecule has 80 valence electrons. The van der Waals surface area contributed by atoms with Crippen LogP contribution in [-0.2, 0) is 6.42 Å². The molecule has 0 aliphatic carbocycles. The third kappa shape index (κ3) is 4.53. The average molecular weight is 203 g/mol. The Balaban J connectivity index is 2.51. The third-order valence-corrected chi connectivity index (χ3v) is 1.97. The molecule has 1 aromatic rings. The lowest BCUT2D eigenvalue weighted by Crippen LogP contribution is -2.17. The molecular formula is C13H17NO. The standard InChI is InChI=1S/C13H17NO/c1-3-4-9-15-13-7-5-12(6-8-13)10-11(2)14/h5-8,11H,9-10,14H2,1-2H3/t11-/m1/s1. The van der Waals surface area contributed by atoms with Gasteiger partial charge in [-0.25, -0.2) is 0 Å². The molecule has 1 atom stereocenters. The topological polar surface area (TPSA) is 35.2 Å². The van der Waals surface area contributed by atoms with E-state index in [1.807, 2.05) is 31.2 Å². The van der Waals surface area contributed by atoms with Crippen molar-refractivity contribution in [2.75, 3.05) is 6.61 Å². The van der Waals surface area contributed by atoms with Gasteiger partial charge < -0.3 is 10.5 Å². The smallest absolute Gasteiger partial charge is 0.149 e. The second-order valence-corrected chi connectivity index (χ2v) is 3.54. The lowest BCUT2D eigenvalue weighted by molar-refractivity contribution is 0.370. The van der Waals surface area contributed by atoms with Crippen LogP contribution in [0.5, 0.6) is 5.75 Å². The van der Waals surface area contributed by atoms with E-state index < -0.39 is 0 Å². The molecule has 0 amide bonds. The number of nitrogens with two attached hydrogens (primary N) is 1. The lowest BCUT2D eigenvalue weighted by atomic mass is 10.1. The molecule has 1 rings (SSSR count). The largest absolute Gasteiger partial charge is 0.481 e. The van der Waals surface area contributed by atoms with E-state index in [2.05, 4.69) is 11.8 Å². The molecule has 0 heterocycles. The summed E-state index contributed by atoms with van der Waals surface area (Å²) in [7, 11) is 0. The van der Waals surface area contributed by atoms with E-state index in [0.717, 1.165) is 12.2 Å². The molecule has 0 saturated carbocycles. The first kappa shape index (κ1) is 11.6. The predicted octanol–water partition coefficient (Wildman–Crippen LogP) is 1.98. The SMILES string of the molecule is CC#CCOc1ccc(C[C@@H](C)N)cc1. The zero-order chi connectivity index (χ0) is 11.1. The van der Waals surface area contributed by atoms with Gasteiger partial charge in [-0.05, 0) is 38.0 Å². The summed E-state index contributed by atoms with van der Waals surface area (Å²) in [6.07, 6.45) is 0.898. The molecule has 0 unspecified atom stereocenters. The molecule has 0 bridgehead atoms. The van der Waals surface area contributed by atoms with Crippen molar-refractivity contribution in [3.63, 3.8) is 0 Å². The minimum absolute atomic E-state index is 0.197. The Kier molecular flexibility index (Phi) is 4.73. The Bertz CT molecular complexity index is 343. The first-order valence-corrected chi connectivity index (χ1v) is 5.09. The summed E-state index contributed by atoms with van der Waals surface area (Å²) >= 11 is 0. The maximum Gasteiger partial charge on any atom is 0.149 e. The normalized spacial score (nSPS) is 11.4. The Morgan fingerprint density at radius 1 is 1.33 bits per heavy atom. The maximum absolute atomic E-state index is 5.71. The molecule has 0 fully saturated rings. The van der Waals surface area contributed by atoms with Crippen molar-refractivity contribution in [3.8, 4) is 17.6 Å². The highest BCUT2D eigenvalue weighted by Gasteiger charge is 1.98. The zero-order valence-corrected chi connectivity index (χ0v) is 9.29. The molecule has 2 nitrogen and oxygen atoms in total. The average Bonchev–Trinajstić information content (AvgIpc) is 2.20. The first-order chi connectivity index (χ1) is 7.22. The van der Waals surface area contributed by atoms with Crippen LogP contribution in [0.2, 0.25) is 0 Å². The van der Waals surface area contributed by atoms with Gasteiger partial charge in [0.15, 0.2) is 0 Å². The van der Waals surface area contributed by atoms with E-state index >= 15 is 0 Å². The van der Waals surface area contributed by atoms with Crippen molar-refractivity contribution in [3.05, 3.63) is 29.8 Å². The first-order valence-electron chi connectivity index (χ1n) is 5.09. The number of hydrogen-bond donors (Lipinski definition) is 1. The Morgan fingerprint density at radius 3 is 2.53 bits per heavy atom. The summed E-state index contributed by atoms with van der Waals surface area (Å²) in [6, 6.07) is 8.18. The van der Waals surface area contributed by atoms with Crippen LogP contribution in [-0.4, -0.2) is 12.6 Å². The van der Waals surface area contributed by atoms with E-state index in [4.69, 9.17) is 10.5 Å². The molecule has 2 N–H and O–H groups in total. The van der Waals surface area contributed by atoms with Crippen LogP contribution in [0.25, 0.3) is 0 Å². The predicted molar refractivity (Wildman–Crippen MR) is 62.7 cm³/mol. The summed E-state index contributed by atoms with van der Waals surface area (Å²) < 4.78 is 5.40. The highest BCUT2D eigenvalue weighted by molar-refractivity contribution is 5.28. The Labute approximate surface area is 91.4 Å². The molecule has 0 aliphatic heterocycles. The van der Waals surface area contributed by atoms with Crippen molar-refractivity contribution in [1.29, 1.82) is 0 Å². The van der Waals surface area contributed by atoms with Crippen LogP contribution >= 0.6 is 0 Å². The van der Waals surface area contributed by atoms with Crippen LogP contribution in [0, 0.1) is 11.8 Å². The quantitative estimate of drug-likeness (QED) is 0.759. The number of hydrogen-bond acceptors (Lipinski definition) is 2.